The highest BCUT2D eigenvalue weighted by Crippen LogP contribution is 2.21. The highest BCUT2D eigenvalue weighted by atomic mass is 16.6. The summed E-state index contributed by atoms with van der Waals surface area (Å²) in [5, 5.41) is 9.60. The number of aliphatic hydroxyl groups excluding tert-OH is 1. The van der Waals surface area contributed by atoms with Crippen molar-refractivity contribution in [2.24, 2.45) is 0 Å². The van der Waals surface area contributed by atoms with Gasteiger partial charge < -0.3 is 14.6 Å². The molecule has 0 radical (unpaired) electrons. The summed E-state index contributed by atoms with van der Waals surface area (Å²) in [6, 6.07) is 0. The monoisotopic (exact) mass is 266 g/mol. The Morgan fingerprint density at radius 2 is 1.68 bits per heavy atom. The Balaban J connectivity index is 1.74. The second kappa shape index (κ2) is 6.52. The minimum Gasteiger partial charge on any atom is -0.431 e. The van der Waals surface area contributed by atoms with Crippen LogP contribution in [0.4, 0.5) is 0 Å². The van der Waals surface area contributed by atoms with Gasteiger partial charge in [0.2, 0.25) is 0 Å². The van der Waals surface area contributed by atoms with Crippen LogP contribution in [-0.4, -0.2) is 23.1 Å². The number of carbonyl (C=O) groups is 2. The van der Waals surface area contributed by atoms with Gasteiger partial charge in [-0.1, -0.05) is 0 Å². The van der Waals surface area contributed by atoms with Crippen molar-refractivity contribution in [3.63, 3.8) is 0 Å². The summed E-state index contributed by atoms with van der Waals surface area (Å²) < 4.78 is 10.0. The van der Waals surface area contributed by atoms with Crippen LogP contribution in [0.25, 0.3) is 0 Å². The maximum absolute atomic E-state index is 11.5. The van der Waals surface area contributed by atoms with Crippen LogP contribution in [0.2, 0.25) is 0 Å². The summed E-state index contributed by atoms with van der Waals surface area (Å²) in [5.41, 5.74) is 0. The molecule has 1 N–H and O–H groups in total. The first kappa shape index (κ1) is 13.8. The molecule has 1 atom stereocenters. The Kier molecular flexibility index (Phi) is 4.74. The number of carbonyl (C=O) groups excluding carboxylic acids is 2. The first-order valence-electron chi connectivity index (χ1n) is 6.63. The number of hydrogen-bond donors (Lipinski definition) is 1. The molecule has 1 unspecified atom stereocenters. The summed E-state index contributed by atoms with van der Waals surface area (Å²) in [7, 11) is 0. The van der Waals surface area contributed by atoms with Crippen LogP contribution in [0.3, 0.4) is 0 Å². The van der Waals surface area contributed by atoms with E-state index in [0.29, 0.717) is 17.9 Å². The van der Waals surface area contributed by atoms with Crippen molar-refractivity contribution in [1.29, 1.82) is 0 Å². The minimum atomic E-state index is -1.46. The highest BCUT2D eigenvalue weighted by Gasteiger charge is 2.24. The molecule has 19 heavy (non-hydrogen) atoms. The molecule has 0 heterocycles. The Labute approximate surface area is 111 Å². The highest BCUT2D eigenvalue weighted by molar-refractivity contribution is 5.82. The van der Waals surface area contributed by atoms with E-state index in [-0.39, 0.29) is 6.42 Å². The number of aliphatic hydroxyl groups is 1. The topological polar surface area (TPSA) is 72.8 Å². The Morgan fingerprint density at radius 1 is 1.11 bits per heavy atom. The van der Waals surface area contributed by atoms with Gasteiger partial charge in [0.05, 0.1) is 6.42 Å². The van der Waals surface area contributed by atoms with E-state index in [4.69, 9.17) is 9.47 Å². The average Bonchev–Trinajstić information content (AvgIpc) is 3.01. The number of rotatable bonds is 5. The van der Waals surface area contributed by atoms with E-state index >= 15 is 0 Å². The average molecular weight is 266 g/mol. The van der Waals surface area contributed by atoms with Crippen molar-refractivity contribution in [1.82, 2.24) is 0 Å². The van der Waals surface area contributed by atoms with Gasteiger partial charge in [0.15, 0.2) is 6.10 Å². The van der Waals surface area contributed by atoms with Crippen LogP contribution in [-0.2, 0) is 19.1 Å². The SMILES string of the molecule is O=C(CC(O)C(=O)OC1=CCCC1)OC1=CCCC1. The van der Waals surface area contributed by atoms with Crippen LogP contribution in [0.15, 0.2) is 23.7 Å². The fourth-order valence-electron chi connectivity index (χ4n) is 2.09. The maximum Gasteiger partial charge on any atom is 0.340 e. The molecule has 0 spiro atoms. The predicted octanol–water partition coefficient (Wildman–Crippen LogP) is 1.96. The van der Waals surface area contributed by atoms with Gasteiger partial charge in [-0.05, 0) is 37.8 Å². The van der Waals surface area contributed by atoms with E-state index in [1.54, 1.807) is 0 Å². The molecular weight excluding hydrogens is 248 g/mol. The molecular formula is C14H18O5. The van der Waals surface area contributed by atoms with Crippen LogP contribution in [0.5, 0.6) is 0 Å². The lowest BCUT2D eigenvalue weighted by molar-refractivity contribution is -0.155. The molecule has 0 aromatic carbocycles. The zero-order chi connectivity index (χ0) is 13.7. The molecule has 0 bridgehead atoms. The molecule has 104 valence electrons. The molecule has 0 saturated carbocycles. The first-order chi connectivity index (χ1) is 9.15. The third kappa shape index (κ3) is 4.21. The molecule has 5 heteroatoms. The van der Waals surface area contributed by atoms with Gasteiger partial charge in [0.25, 0.3) is 0 Å². The largest absolute Gasteiger partial charge is 0.431 e. The van der Waals surface area contributed by atoms with Crippen molar-refractivity contribution in [3.05, 3.63) is 23.7 Å². The van der Waals surface area contributed by atoms with E-state index in [1.807, 2.05) is 12.2 Å². The molecule has 0 aromatic rings. The fourth-order valence-corrected chi connectivity index (χ4v) is 2.09. The summed E-state index contributed by atoms with van der Waals surface area (Å²) in [6.45, 7) is 0. The second-order valence-electron chi connectivity index (χ2n) is 4.74. The quantitative estimate of drug-likeness (QED) is 0.770. The van der Waals surface area contributed by atoms with E-state index in [9.17, 15) is 14.7 Å². The number of hydrogen-bond acceptors (Lipinski definition) is 5. The summed E-state index contributed by atoms with van der Waals surface area (Å²) in [4.78, 5) is 23.0. The molecule has 0 saturated heterocycles. The van der Waals surface area contributed by atoms with Crippen LogP contribution in [0, 0.1) is 0 Å². The molecule has 2 rings (SSSR count). The van der Waals surface area contributed by atoms with E-state index in [2.05, 4.69) is 0 Å². The van der Waals surface area contributed by atoms with Gasteiger partial charge in [0, 0.05) is 12.8 Å². The van der Waals surface area contributed by atoms with Gasteiger partial charge in [-0.15, -0.1) is 0 Å². The maximum atomic E-state index is 11.5. The molecule has 5 nitrogen and oxygen atoms in total. The third-order valence-electron chi connectivity index (χ3n) is 3.11. The van der Waals surface area contributed by atoms with Gasteiger partial charge in [-0.2, -0.15) is 0 Å². The molecule has 0 aliphatic heterocycles. The third-order valence-corrected chi connectivity index (χ3v) is 3.11. The molecule has 0 amide bonds. The van der Waals surface area contributed by atoms with Crippen LogP contribution in [0.1, 0.15) is 44.9 Å². The Morgan fingerprint density at radius 3 is 2.21 bits per heavy atom. The normalized spacial score (nSPS) is 19.6. The summed E-state index contributed by atoms with van der Waals surface area (Å²) >= 11 is 0. The zero-order valence-corrected chi connectivity index (χ0v) is 10.8. The zero-order valence-electron chi connectivity index (χ0n) is 10.8. The number of ether oxygens (including phenoxy) is 2. The van der Waals surface area contributed by atoms with Crippen LogP contribution >= 0.6 is 0 Å². The van der Waals surface area contributed by atoms with Gasteiger partial charge >= 0.3 is 11.9 Å². The lowest BCUT2D eigenvalue weighted by atomic mass is 10.2. The van der Waals surface area contributed by atoms with Gasteiger partial charge in [0.1, 0.15) is 11.5 Å². The smallest absolute Gasteiger partial charge is 0.340 e. The fraction of sp³-hybridized carbons (Fsp3) is 0.571. The van der Waals surface area contributed by atoms with Crippen molar-refractivity contribution < 1.29 is 24.2 Å². The first-order valence-corrected chi connectivity index (χ1v) is 6.63. The van der Waals surface area contributed by atoms with Crippen molar-refractivity contribution in [3.8, 4) is 0 Å². The van der Waals surface area contributed by atoms with E-state index < -0.39 is 18.0 Å². The van der Waals surface area contributed by atoms with Gasteiger partial charge in [-0.3, -0.25) is 4.79 Å². The lowest BCUT2D eigenvalue weighted by Crippen LogP contribution is -2.26. The Bertz CT molecular complexity index is 422. The predicted molar refractivity (Wildman–Crippen MR) is 66.7 cm³/mol. The summed E-state index contributed by atoms with van der Waals surface area (Å²) in [5.74, 6) is -0.177. The second-order valence-corrected chi connectivity index (χ2v) is 4.74. The van der Waals surface area contributed by atoms with E-state index in [1.165, 1.54) is 0 Å². The lowest BCUT2D eigenvalue weighted by Gasteiger charge is -2.11. The van der Waals surface area contributed by atoms with Crippen LogP contribution < -0.4 is 0 Å². The molecule has 0 aromatic heterocycles. The molecule has 0 fully saturated rings. The summed E-state index contributed by atoms with van der Waals surface area (Å²) in [6.07, 6.45) is 7.00. The van der Waals surface area contributed by atoms with Crippen molar-refractivity contribution >= 4 is 11.9 Å². The van der Waals surface area contributed by atoms with Crippen molar-refractivity contribution in [2.45, 2.75) is 51.0 Å². The number of esters is 2. The van der Waals surface area contributed by atoms with E-state index in [0.717, 1.165) is 32.1 Å². The molecule has 2 aliphatic rings. The standard InChI is InChI=1S/C14H18O5/c15-12(14(17)19-11-7-3-4-8-11)9-13(16)18-10-5-1-2-6-10/h5,7,12,15H,1-4,6,8-9H2. The molecule has 2 aliphatic carbocycles. The van der Waals surface area contributed by atoms with Crippen molar-refractivity contribution in [2.75, 3.05) is 0 Å². The minimum absolute atomic E-state index is 0.372. The van der Waals surface area contributed by atoms with Gasteiger partial charge in [-0.25, -0.2) is 4.79 Å². The Hall–Kier alpha value is -1.62. The number of allylic oxidation sites excluding steroid dienone is 4.